The van der Waals surface area contributed by atoms with Crippen LogP contribution in [0, 0.1) is 0 Å². The van der Waals surface area contributed by atoms with Crippen molar-refractivity contribution in [2.24, 2.45) is 0 Å². The van der Waals surface area contributed by atoms with E-state index in [4.69, 9.17) is 4.74 Å². The lowest BCUT2D eigenvalue weighted by atomic mass is 10.2. The van der Waals surface area contributed by atoms with Crippen molar-refractivity contribution in [3.05, 3.63) is 18.2 Å². The molecule has 90 valence electrons. The number of rotatable bonds is 1. The fourth-order valence-corrected chi connectivity index (χ4v) is 1.73. The Kier molecular flexibility index (Phi) is 2.99. The summed E-state index contributed by atoms with van der Waals surface area (Å²) < 4.78 is 5.47. The van der Waals surface area contributed by atoms with Crippen molar-refractivity contribution in [1.29, 1.82) is 0 Å². The number of carbonyl (C=O) groups is 2. The molecule has 0 saturated heterocycles. The standard InChI is InChI=1S/C12H14N2O3/c1-8(15)13-9-3-4-11-10(7-9)14(2)12(16)5-6-17-11/h3-4,7H,5-6H2,1-2H3,(H,13,15). The Hall–Kier alpha value is -2.04. The van der Waals surface area contributed by atoms with Gasteiger partial charge in [0.15, 0.2) is 0 Å². The van der Waals surface area contributed by atoms with Gasteiger partial charge >= 0.3 is 0 Å². The zero-order chi connectivity index (χ0) is 12.4. The number of nitrogens with zero attached hydrogens (tertiary/aromatic N) is 1. The van der Waals surface area contributed by atoms with Crippen molar-refractivity contribution >= 4 is 23.2 Å². The van der Waals surface area contributed by atoms with Crippen LogP contribution < -0.4 is 15.0 Å². The van der Waals surface area contributed by atoms with E-state index in [-0.39, 0.29) is 11.8 Å². The van der Waals surface area contributed by atoms with Gasteiger partial charge in [0.05, 0.1) is 18.7 Å². The summed E-state index contributed by atoms with van der Waals surface area (Å²) in [5.74, 6) is 0.518. The van der Waals surface area contributed by atoms with Crippen LogP contribution in [-0.4, -0.2) is 25.5 Å². The Labute approximate surface area is 99.4 Å². The average Bonchev–Trinajstić information content (AvgIpc) is 2.40. The summed E-state index contributed by atoms with van der Waals surface area (Å²) in [5.41, 5.74) is 1.33. The first-order valence-corrected chi connectivity index (χ1v) is 5.39. The zero-order valence-electron chi connectivity index (χ0n) is 9.82. The van der Waals surface area contributed by atoms with Crippen LogP contribution in [0.2, 0.25) is 0 Å². The number of nitrogens with one attached hydrogen (secondary N) is 1. The summed E-state index contributed by atoms with van der Waals surface area (Å²) in [6.45, 7) is 1.83. The van der Waals surface area contributed by atoms with Crippen molar-refractivity contribution in [2.75, 3.05) is 23.9 Å². The molecule has 5 heteroatoms. The van der Waals surface area contributed by atoms with Gasteiger partial charge in [-0.15, -0.1) is 0 Å². The van der Waals surface area contributed by atoms with Crippen LogP contribution in [-0.2, 0) is 9.59 Å². The van der Waals surface area contributed by atoms with Gasteiger partial charge in [0.2, 0.25) is 11.8 Å². The van der Waals surface area contributed by atoms with Crippen LogP contribution in [0.5, 0.6) is 5.75 Å². The maximum atomic E-state index is 11.7. The highest BCUT2D eigenvalue weighted by molar-refractivity contribution is 5.97. The molecule has 1 aromatic rings. The molecule has 0 bridgehead atoms. The number of ether oxygens (including phenoxy) is 1. The molecule has 1 aliphatic rings. The van der Waals surface area contributed by atoms with E-state index in [1.807, 2.05) is 0 Å². The zero-order valence-corrected chi connectivity index (χ0v) is 9.82. The number of amides is 2. The topological polar surface area (TPSA) is 58.6 Å². The molecule has 0 fully saturated rings. The minimum absolute atomic E-state index is 0.00345. The number of fused-ring (bicyclic) bond motifs is 1. The van der Waals surface area contributed by atoms with E-state index in [0.717, 1.165) is 0 Å². The van der Waals surface area contributed by atoms with Crippen molar-refractivity contribution in [3.8, 4) is 5.75 Å². The minimum atomic E-state index is -0.145. The van der Waals surface area contributed by atoms with Gasteiger partial charge in [-0.3, -0.25) is 9.59 Å². The van der Waals surface area contributed by atoms with Crippen LogP contribution in [0.1, 0.15) is 13.3 Å². The van der Waals surface area contributed by atoms with Gasteiger partial charge in [0, 0.05) is 19.7 Å². The van der Waals surface area contributed by atoms with Crippen LogP contribution in [0.4, 0.5) is 11.4 Å². The Balaban J connectivity index is 2.38. The fourth-order valence-electron chi connectivity index (χ4n) is 1.73. The first-order chi connectivity index (χ1) is 8.08. The van der Waals surface area contributed by atoms with Crippen molar-refractivity contribution in [3.63, 3.8) is 0 Å². The molecule has 5 nitrogen and oxygen atoms in total. The second-order valence-corrected chi connectivity index (χ2v) is 3.91. The van der Waals surface area contributed by atoms with E-state index >= 15 is 0 Å². The lowest BCUT2D eigenvalue weighted by Crippen LogP contribution is -2.25. The minimum Gasteiger partial charge on any atom is -0.491 e. The molecule has 0 atom stereocenters. The molecule has 0 aliphatic carbocycles. The van der Waals surface area contributed by atoms with Crippen molar-refractivity contribution in [2.45, 2.75) is 13.3 Å². The highest BCUT2D eigenvalue weighted by atomic mass is 16.5. The van der Waals surface area contributed by atoms with Gasteiger partial charge in [-0.2, -0.15) is 0 Å². The van der Waals surface area contributed by atoms with E-state index in [1.165, 1.54) is 6.92 Å². The molecular weight excluding hydrogens is 220 g/mol. The summed E-state index contributed by atoms with van der Waals surface area (Å²) >= 11 is 0. The predicted molar refractivity (Wildman–Crippen MR) is 64.3 cm³/mol. The maximum absolute atomic E-state index is 11.7. The van der Waals surface area contributed by atoms with Gasteiger partial charge in [0.25, 0.3) is 0 Å². The average molecular weight is 234 g/mol. The summed E-state index contributed by atoms with van der Waals surface area (Å²) in [6, 6.07) is 5.25. The molecule has 0 spiro atoms. The lowest BCUT2D eigenvalue weighted by Gasteiger charge is -2.17. The summed E-state index contributed by atoms with van der Waals surface area (Å²) in [5, 5.41) is 2.68. The van der Waals surface area contributed by atoms with Crippen LogP contribution in [0.15, 0.2) is 18.2 Å². The third kappa shape index (κ3) is 2.38. The molecule has 0 saturated carbocycles. The predicted octanol–water partition coefficient (Wildman–Crippen LogP) is 1.39. The third-order valence-corrected chi connectivity index (χ3v) is 2.59. The second kappa shape index (κ2) is 4.45. The van der Waals surface area contributed by atoms with E-state index in [2.05, 4.69) is 5.32 Å². The monoisotopic (exact) mass is 234 g/mol. The Morgan fingerprint density at radius 3 is 2.94 bits per heavy atom. The highest BCUT2D eigenvalue weighted by Crippen LogP contribution is 2.33. The van der Waals surface area contributed by atoms with Gasteiger partial charge in [-0.1, -0.05) is 0 Å². The smallest absolute Gasteiger partial charge is 0.230 e. The number of benzene rings is 1. The quantitative estimate of drug-likeness (QED) is 0.798. The highest BCUT2D eigenvalue weighted by Gasteiger charge is 2.20. The molecule has 2 amide bonds. The Morgan fingerprint density at radius 1 is 1.47 bits per heavy atom. The van der Waals surface area contributed by atoms with Gasteiger partial charge < -0.3 is 15.0 Å². The molecule has 1 aliphatic heterocycles. The molecule has 17 heavy (non-hydrogen) atoms. The summed E-state index contributed by atoms with van der Waals surface area (Å²) in [7, 11) is 1.70. The lowest BCUT2D eigenvalue weighted by molar-refractivity contribution is -0.118. The van der Waals surface area contributed by atoms with Crippen LogP contribution >= 0.6 is 0 Å². The van der Waals surface area contributed by atoms with Crippen molar-refractivity contribution < 1.29 is 14.3 Å². The van der Waals surface area contributed by atoms with E-state index in [9.17, 15) is 9.59 Å². The van der Waals surface area contributed by atoms with E-state index in [0.29, 0.717) is 30.2 Å². The molecule has 2 rings (SSSR count). The Morgan fingerprint density at radius 2 is 2.24 bits per heavy atom. The molecule has 1 N–H and O–H groups in total. The van der Waals surface area contributed by atoms with Gasteiger partial charge in [0.1, 0.15) is 5.75 Å². The van der Waals surface area contributed by atoms with Gasteiger partial charge in [-0.25, -0.2) is 0 Å². The Bertz CT molecular complexity index is 471. The largest absolute Gasteiger partial charge is 0.491 e. The fraction of sp³-hybridized carbons (Fsp3) is 0.333. The summed E-state index contributed by atoms with van der Waals surface area (Å²) in [4.78, 5) is 24.2. The SMILES string of the molecule is CC(=O)Nc1ccc2c(c1)N(C)C(=O)CCO2. The number of hydrogen-bond donors (Lipinski definition) is 1. The number of anilines is 2. The normalized spacial score (nSPS) is 14.7. The summed E-state index contributed by atoms with van der Waals surface area (Å²) in [6.07, 6.45) is 0.362. The first-order valence-electron chi connectivity index (χ1n) is 5.39. The molecular formula is C12H14N2O3. The van der Waals surface area contributed by atoms with Crippen LogP contribution in [0.25, 0.3) is 0 Å². The number of carbonyl (C=O) groups excluding carboxylic acids is 2. The molecule has 1 aromatic carbocycles. The van der Waals surface area contributed by atoms with Gasteiger partial charge in [-0.05, 0) is 18.2 Å². The van der Waals surface area contributed by atoms with Crippen LogP contribution in [0.3, 0.4) is 0 Å². The second-order valence-electron chi connectivity index (χ2n) is 3.91. The molecule has 0 unspecified atom stereocenters. The first kappa shape index (κ1) is 11.4. The number of hydrogen-bond acceptors (Lipinski definition) is 3. The maximum Gasteiger partial charge on any atom is 0.230 e. The molecule has 0 aromatic heterocycles. The van der Waals surface area contributed by atoms with Crippen molar-refractivity contribution in [1.82, 2.24) is 0 Å². The van der Waals surface area contributed by atoms with E-state index in [1.54, 1.807) is 30.1 Å². The third-order valence-electron chi connectivity index (χ3n) is 2.59. The molecule has 1 heterocycles. The molecule has 0 radical (unpaired) electrons. The van der Waals surface area contributed by atoms with E-state index < -0.39 is 0 Å².